The van der Waals surface area contributed by atoms with Crippen LogP contribution in [0.5, 0.6) is 0 Å². The Morgan fingerprint density at radius 2 is 1.82 bits per heavy atom. The Morgan fingerprint density at radius 3 is 2.09 bits per heavy atom. The summed E-state index contributed by atoms with van der Waals surface area (Å²) in [6.45, 7) is 8.65. The van der Waals surface area contributed by atoms with E-state index in [0.717, 1.165) is 6.42 Å². The predicted molar refractivity (Wildman–Crippen MR) is 46.3 cm³/mol. The van der Waals surface area contributed by atoms with Gasteiger partial charge in [0, 0.05) is 11.8 Å². The predicted octanol–water partition coefficient (Wildman–Crippen LogP) is 2.50. The highest BCUT2D eigenvalue weighted by Gasteiger charge is 2.50. The molecule has 2 atom stereocenters. The van der Waals surface area contributed by atoms with Gasteiger partial charge in [-0.3, -0.25) is 4.79 Å². The molecule has 0 bridgehead atoms. The van der Waals surface area contributed by atoms with Gasteiger partial charge in [-0.25, -0.2) is 0 Å². The maximum absolute atomic E-state index is 11.2. The third-order valence-corrected chi connectivity index (χ3v) is 2.46. The minimum atomic E-state index is 0.400. The van der Waals surface area contributed by atoms with Gasteiger partial charge in [0.15, 0.2) is 0 Å². The fourth-order valence-corrected chi connectivity index (χ4v) is 1.88. The van der Waals surface area contributed by atoms with Crippen LogP contribution in [0.2, 0.25) is 0 Å². The van der Waals surface area contributed by atoms with Crippen LogP contribution in [0.4, 0.5) is 0 Å². The lowest BCUT2D eigenvalue weighted by atomic mass is 10.0. The van der Waals surface area contributed by atoms with E-state index in [1.165, 1.54) is 0 Å². The largest absolute Gasteiger partial charge is 0.299 e. The number of Topliss-reactive ketones (excluding diaryl/α,β-unsaturated/α-hetero) is 1. The summed E-state index contributed by atoms with van der Waals surface area (Å²) in [4.78, 5) is 11.2. The minimum Gasteiger partial charge on any atom is -0.299 e. The molecule has 0 amide bonds. The van der Waals surface area contributed by atoms with Gasteiger partial charge in [0.2, 0.25) is 0 Å². The van der Waals surface area contributed by atoms with Crippen LogP contribution in [0.15, 0.2) is 0 Å². The molecule has 0 N–H and O–H groups in total. The van der Waals surface area contributed by atoms with Crippen LogP contribution in [0.3, 0.4) is 0 Å². The lowest BCUT2D eigenvalue weighted by molar-refractivity contribution is -0.112. The summed E-state index contributed by atoms with van der Waals surface area (Å²) in [6, 6.07) is 0. The molecule has 0 aliphatic heterocycles. The molecular weight excluding hydrogens is 136 g/mol. The second-order valence-corrected chi connectivity index (χ2v) is 4.41. The molecular formula is C10H18O. The zero-order valence-corrected chi connectivity index (χ0v) is 7.92. The van der Waals surface area contributed by atoms with Gasteiger partial charge in [0.1, 0.15) is 5.78 Å². The van der Waals surface area contributed by atoms with E-state index < -0.39 is 0 Å². The molecule has 0 spiro atoms. The summed E-state index contributed by atoms with van der Waals surface area (Å²) in [7, 11) is 0. The molecule has 0 radical (unpaired) electrons. The van der Waals surface area contributed by atoms with E-state index in [9.17, 15) is 4.79 Å². The highest BCUT2D eigenvalue weighted by molar-refractivity contribution is 5.99. The normalized spacial score (nSPS) is 30.2. The van der Waals surface area contributed by atoms with E-state index in [2.05, 4.69) is 27.7 Å². The molecule has 0 saturated heterocycles. The standard InChI is InChI=1S/C10H18O/c1-6(2)5-8-9(7(3)4)10(8)11/h6-9H,5H2,1-4H3. The van der Waals surface area contributed by atoms with E-state index >= 15 is 0 Å². The topological polar surface area (TPSA) is 17.1 Å². The van der Waals surface area contributed by atoms with Gasteiger partial charge in [-0.2, -0.15) is 0 Å². The van der Waals surface area contributed by atoms with Gasteiger partial charge in [0.05, 0.1) is 0 Å². The molecule has 0 aromatic carbocycles. The highest BCUT2D eigenvalue weighted by Crippen LogP contribution is 2.43. The van der Waals surface area contributed by atoms with Gasteiger partial charge < -0.3 is 0 Å². The molecule has 0 aromatic heterocycles. The lowest BCUT2D eigenvalue weighted by Crippen LogP contribution is -1.95. The highest BCUT2D eigenvalue weighted by atomic mass is 16.1. The zero-order valence-electron chi connectivity index (χ0n) is 7.92. The summed E-state index contributed by atoms with van der Waals surface area (Å²) in [5.41, 5.74) is 0. The molecule has 0 heterocycles. The van der Waals surface area contributed by atoms with Crippen molar-refractivity contribution in [1.82, 2.24) is 0 Å². The van der Waals surface area contributed by atoms with Crippen LogP contribution in [0.1, 0.15) is 34.1 Å². The van der Waals surface area contributed by atoms with Crippen molar-refractivity contribution in [1.29, 1.82) is 0 Å². The van der Waals surface area contributed by atoms with Crippen molar-refractivity contribution in [3.63, 3.8) is 0 Å². The van der Waals surface area contributed by atoms with Crippen molar-refractivity contribution < 1.29 is 4.79 Å². The SMILES string of the molecule is CC(C)CC1C(=O)C1C(C)C. The molecule has 11 heavy (non-hydrogen) atoms. The first-order valence-corrected chi connectivity index (χ1v) is 4.57. The Balaban J connectivity index is 2.36. The van der Waals surface area contributed by atoms with E-state index in [1.807, 2.05) is 0 Å². The summed E-state index contributed by atoms with van der Waals surface area (Å²) >= 11 is 0. The fourth-order valence-electron chi connectivity index (χ4n) is 1.88. The molecule has 0 aromatic rings. The quantitative estimate of drug-likeness (QED) is 0.610. The molecule has 1 aliphatic carbocycles. The Morgan fingerprint density at radius 1 is 1.27 bits per heavy atom. The number of rotatable bonds is 3. The van der Waals surface area contributed by atoms with Crippen LogP contribution in [0.25, 0.3) is 0 Å². The first-order chi connectivity index (χ1) is 5.04. The van der Waals surface area contributed by atoms with Crippen LogP contribution in [0, 0.1) is 23.7 Å². The van der Waals surface area contributed by atoms with Gasteiger partial charge in [-0.1, -0.05) is 27.7 Å². The average Bonchev–Trinajstić information content (AvgIpc) is 2.40. The van der Waals surface area contributed by atoms with Crippen molar-refractivity contribution in [2.45, 2.75) is 34.1 Å². The number of hydrogen-bond donors (Lipinski definition) is 0. The summed E-state index contributed by atoms with van der Waals surface area (Å²) in [5, 5.41) is 0. The van der Waals surface area contributed by atoms with E-state index in [1.54, 1.807) is 0 Å². The Bertz CT molecular complexity index is 158. The first kappa shape index (κ1) is 8.76. The average molecular weight is 154 g/mol. The van der Waals surface area contributed by atoms with Crippen molar-refractivity contribution in [2.24, 2.45) is 23.7 Å². The lowest BCUT2D eigenvalue weighted by Gasteiger charge is -2.02. The van der Waals surface area contributed by atoms with Gasteiger partial charge in [-0.05, 0) is 18.3 Å². The number of carbonyl (C=O) groups excluding carboxylic acids is 1. The second-order valence-electron chi connectivity index (χ2n) is 4.41. The zero-order chi connectivity index (χ0) is 8.59. The van der Waals surface area contributed by atoms with Gasteiger partial charge >= 0.3 is 0 Å². The van der Waals surface area contributed by atoms with Gasteiger partial charge in [0.25, 0.3) is 0 Å². The third-order valence-electron chi connectivity index (χ3n) is 2.46. The third kappa shape index (κ3) is 1.82. The summed E-state index contributed by atoms with van der Waals surface area (Å²) < 4.78 is 0. The smallest absolute Gasteiger partial charge is 0.140 e. The Kier molecular flexibility index (Phi) is 2.36. The molecule has 1 aliphatic rings. The van der Waals surface area contributed by atoms with E-state index in [-0.39, 0.29) is 0 Å². The summed E-state index contributed by atoms with van der Waals surface area (Å²) in [6.07, 6.45) is 1.10. The monoisotopic (exact) mass is 154 g/mol. The van der Waals surface area contributed by atoms with Crippen LogP contribution in [-0.2, 0) is 4.79 Å². The first-order valence-electron chi connectivity index (χ1n) is 4.57. The van der Waals surface area contributed by atoms with Crippen molar-refractivity contribution >= 4 is 5.78 Å². The molecule has 64 valence electrons. The molecule has 1 fully saturated rings. The van der Waals surface area contributed by atoms with Crippen LogP contribution < -0.4 is 0 Å². The number of carbonyl (C=O) groups is 1. The van der Waals surface area contributed by atoms with Gasteiger partial charge in [-0.15, -0.1) is 0 Å². The number of ketones is 1. The molecule has 2 unspecified atom stereocenters. The summed E-state index contributed by atoms with van der Waals surface area (Å²) in [5.74, 6) is 2.56. The van der Waals surface area contributed by atoms with Crippen LogP contribution in [-0.4, -0.2) is 5.78 Å². The van der Waals surface area contributed by atoms with Crippen molar-refractivity contribution in [2.75, 3.05) is 0 Å². The maximum atomic E-state index is 11.2. The van der Waals surface area contributed by atoms with Crippen LogP contribution >= 0.6 is 0 Å². The number of hydrogen-bond acceptors (Lipinski definition) is 1. The van der Waals surface area contributed by atoms with E-state index in [4.69, 9.17) is 0 Å². The minimum absolute atomic E-state index is 0.400. The second kappa shape index (κ2) is 2.96. The molecule has 1 heteroatoms. The fraction of sp³-hybridized carbons (Fsp3) is 0.900. The molecule has 1 saturated carbocycles. The molecule has 1 rings (SSSR count). The van der Waals surface area contributed by atoms with Crippen molar-refractivity contribution in [3.05, 3.63) is 0 Å². The Labute approximate surface area is 69.2 Å². The Hall–Kier alpha value is -0.330. The van der Waals surface area contributed by atoms with E-state index in [0.29, 0.717) is 29.5 Å². The molecule has 1 nitrogen and oxygen atoms in total. The maximum Gasteiger partial charge on any atom is 0.140 e. The van der Waals surface area contributed by atoms with Crippen molar-refractivity contribution in [3.8, 4) is 0 Å².